The smallest absolute Gasteiger partial charge is 0.341 e. The fourth-order valence-electron chi connectivity index (χ4n) is 1.14. The summed E-state index contributed by atoms with van der Waals surface area (Å²) in [6, 6.07) is 8.69. The van der Waals surface area contributed by atoms with Crippen LogP contribution in [0, 0.1) is 11.3 Å². The highest BCUT2D eigenvalue weighted by atomic mass is 16.7. The number of benzene rings is 1. The Morgan fingerprint density at radius 1 is 1.31 bits per heavy atom. The fraction of sp³-hybridized carbons (Fsp3) is 0.333. The lowest BCUT2D eigenvalue weighted by molar-refractivity contribution is -0.0774. The van der Waals surface area contributed by atoms with Crippen LogP contribution in [0.5, 0.6) is 0 Å². The zero-order chi connectivity index (χ0) is 12.0. The van der Waals surface area contributed by atoms with E-state index < -0.39 is 12.3 Å². The Kier molecular flexibility index (Phi) is 4.51. The minimum absolute atomic E-state index is 0.00531. The molecule has 0 saturated carbocycles. The van der Waals surface area contributed by atoms with Crippen LogP contribution in [0.3, 0.4) is 0 Å². The van der Waals surface area contributed by atoms with Crippen LogP contribution in [0.15, 0.2) is 30.3 Å². The molecule has 0 radical (unpaired) electrons. The Morgan fingerprint density at radius 3 is 2.44 bits per heavy atom. The van der Waals surface area contributed by atoms with Crippen molar-refractivity contribution in [1.29, 1.82) is 5.41 Å². The Hall–Kier alpha value is -1.84. The molecule has 1 aromatic rings. The van der Waals surface area contributed by atoms with Crippen LogP contribution in [0.2, 0.25) is 0 Å². The van der Waals surface area contributed by atoms with Gasteiger partial charge in [0.25, 0.3) is 0 Å². The highest BCUT2D eigenvalue weighted by Crippen LogP contribution is 2.11. The van der Waals surface area contributed by atoms with E-state index in [4.69, 9.17) is 14.9 Å². The minimum atomic E-state index is -0.717. The van der Waals surface area contributed by atoms with Crippen molar-refractivity contribution < 1.29 is 14.3 Å². The summed E-state index contributed by atoms with van der Waals surface area (Å²) in [6.45, 7) is 3.71. The van der Waals surface area contributed by atoms with Gasteiger partial charge in [0, 0.05) is 5.92 Å². The summed E-state index contributed by atoms with van der Waals surface area (Å²) in [5.74, 6) is -0.449. The molecule has 0 heterocycles. The van der Waals surface area contributed by atoms with Crippen molar-refractivity contribution in [3.63, 3.8) is 0 Å². The molecule has 1 rings (SSSR count). The zero-order valence-electron chi connectivity index (χ0n) is 9.34. The predicted molar refractivity (Wildman–Crippen MR) is 60.4 cm³/mol. The first-order chi connectivity index (χ1) is 7.65. The van der Waals surface area contributed by atoms with Crippen LogP contribution in [0.4, 0.5) is 0 Å². The van der Waals surface area contributed by atoms with Gasteiger partial charge in [-0.05, 0) is 12.1 Å². The van der Waals surface area contributed by atoms with Crippen LogP contribution >= 0.6 is 0 Å². The maximum absolute atomic E-state index is 11.7. The Bertz CT molecular complexity index is 349. The van der Waals surface area contributed by atoms with E-state index in [1.807, 2.05) is 19.9 Å². The van der Waals surface area contributed by atoms with Crippen molar-refractivity contribution >= 4 is 12.4 Å². The quantitative estimate of drug-likeness (QED) is 0.359. The van der Waals surface area contributed by atoms with Crippen molar-refractivity contribution in [1.82, 2.24) is 0 Å². The van der Waals surface area contributed by atoms with Crippen molar-refractivity contribution in [2.24, 2.45) is 5.92 Å². The summed E-state index contributed by atoms with van der Waals surface area (Å²) in [5, 5.41) is 6.84. The largest absolute Gasteiger partial charge is 0.445 e. The van der Waals surface area contributed by atoms with E-state index in [-0.39, 0.29) is 5.92 Å². The highest BCUT2D eigenvalue weighted by Gasteiger charge is 2.19. The normalized spacial score (nSPS) is 11.9. The molecule has 4 heteroatoms. The van der Waals surface area contributed by atoms with Crippen molar-refractivity contribution in [2.45, 2.75) is 20.1 Å². The van der Waals surface area contributed by atoms with Crippen LogP contribution in [0.25, 0.3) is 0 Å². The first kappa shape index (κ1) is 12.2. The molecule has 0 amide bonds. The van der Waals surface area contributed by atoms with E-state index in [9.17, 15) is 4.79 Å². The SMILES string of the molecule is CC(C)C(OC=N)OC(=O)c1ccccc1. The molecule has 0 saturated heterocycles. The van der Waals surface area contributed by atoms with Crippen LogP contribution in [-0.4, -0.2) is 18.7 Å². The molecule has 0 aliphatic heterocycles. The van der Waals surface area contributed by atoms with E-state index in [1.54, 1.807) is 24.3 Å². The second-order valence-electron chi connectivity index (χ2n) is 3.64. The number of hydrogen-bond acceptors (Lipinski definition) is 4. The zero-order valence-corrected chi connectivity index (χ0v) is 9.34. The standard InChI is InChI=1S/C12H15NO3/c1-9(2)12(15-8-13)16-11(14)10-6-4-3-5-7-10/h3-9,12-13H,1-2H3. The molecule has 0 bridgehead atoms. The average Bonchev–Trinajstić information content (AvgIpc) is 2.29. The van der Waals surface area contributed by atoms with E-state index in [0.717, 1.165) is 6.40 Å². The Morgan fingerprint density at radius 2 is 1.94 bits per heavy atom. The van der Waals surface area contributed by atoms with Crippen LogP contribution < -0.4 is 0 Å². The molecule has 0 aliphatic rings. The Labute approximate surface area is 94.7 Å². The lowest BCUT2D eigenvalue weighted by Crippen LogP contribution is -2.26. The second kappa shape index (κ2) is 5.90. The molecule has 1 N–H and O–H groups in total. The molecule has 0 aromatic heterocycles. The Balaban J connectivity index is 2.65. The van der Waals surface area contributed by atoms with Gasteiger partial charge in [-0.2, -0.15) is 0 Å². The van der Waals surface area contributed by atoms with Crippen LogP contribution in [0.1, 0.15) is 24.2 Å². The maximum atomic E-state index is 11.7. The van der Waals surface area contributed by atoms with E-state index in [1.165, 1.54) is 0 Å². The molecule has 1 aromatic carbocycles. The van der Waals surface area contributed by atoms with Gasteiger partial charge in [0.15, 0.2) is 6.40 Å². The van der Waals surface area contributed by atoms with E-state index >= 15 is 0 Å². The van der Waals surface area contributed by atoms with Gasteiger partial charge >= 0.3 is 5.97 Å². The van der Waals surface area contributed by atoms with E-state index in [2.05, 4.69) is 0 Å². The number of carbonyl (C=O) groups is 1. The van der Waals surface area contributed by atoms with Crippen molar-refractivity contribution in [3.05, 3.63) is 35.9 Å². The van der Waals surface area contributed by atoms with Gasteiger partial charge < -0.3 is 9.47 Å². The lowest BCUT2D eigenvalue weighted by Gasteiger charge is -2.19. The summed E-state index contributed by atoms with van der Waals surface area (Å²) in [6.07, 6.45) is 0.0633. The molecule has 0 spiro atoms. The third-order valence-electron chi connectivity index (χ3n) is 1.98. The third-order valence-corrected chi connectivity index (χ3v) is 1.98. The monoisotopic (exact) mass is 221 g/mol. The summed E-state index contributed by atoms with van der Waals surface area (Å²) >= 11 is 0. The van der Waals surface area contributed by atoms with E-state index in [0.29, 0.717) is 5.56 Å². The first-order valence-corrected chi connectivity index (χ1v) is 5.05. The maximum Gasteiger partial charge on any atom is 0.341 e. The number of hydrogen-bond donors (Lipinski definition) is 1. The number of nitrogens with one attached hydrogen (secondary N) is 1. The molecule has 0 fully saturated rings. The number of rotatable bonds is 5. The molecule has 1 unspecified atom stereocenters. The van der Waals surface area contributed by atoms with Gasteiger partial charge in [-0.1, -0.05) is 32.0 Å². The highest BCUT2D eigenvalue weighted by molar-refractivity contribution is 5.89. The van der Waals surface area contributed by atoms with Gasteiger partial charge in [0.1, 0.15) is 0 Å². The van der Waals surface area contributed by atoms with Gasteiger partial charge in [-0.25, -0.2) is 4.79 Å². The summed E-state index contributed by atoms with van der Waals surface area (Å²) in [5.41, 5.74) is 0.474. The summed E-state index contributed by atoms with van der Waals surface area (Å²) in [7, 11) is 0. The number of ether oxygens (including phenoxy) is 2. The topological polar surface area (TPSA) is 59.4 Å². The predicted octanol–water partition coefficient (Wildman–Crippen LogP) is 2.45. The van der Waals surface area contributed by atoms with Crippen molar-refractivity contribution in [2.75, 3.05) is 0 Å². The molecular formula is C12H15NO3. The van der Waals surface area contributed by atoms with Gasteiger partial charge in [-0.3, -0.25) is 5.41 Å². The van der Waals surface area contributed by atoms with Gasteiger partial charge in [0.2, 0.25) is 6.29 Å². The fourth-order valence-corrected chi connectivity index (χ4v) is 1.14. The number of esters is 1. The minimum Gasteiger partial charge on any atom is -0.445 e. The van der Waals surface area contributed by atoms with Crippen LogP contribution in [-0.2, 0) is 9.47 Å². The molecular weight excluding hydrogens is 206 g/mol. The van der Waals surface area contributed by atoms with Gasteiger partial charge in [-0.15, -0.1) is 0 Å². The first-order valence-electron chi connectivity index (χ1n) is 5.05. The third kappa shape index (κ3) is 3.38. The molecule has 16 heavy (non-hydrogen) atoms. The molecule has 1 atom stereocenters. The summed E-state index contributed by atoms with van der Waals surface area (Å²) in [4.78, 5) is 11.7. The molecule has 0 aliphatic carbocycles. The molecule has 86 valence electrons. The summed E-state index contributed by atoms with van der Waals surface area (Å²) < 4.78 is 10.0. The average molecular weight is 221 g/mol. The lowest BCUT2D eigenvalue weighted by atomic mass is 10.2. The molecule has 4 nitrogen and oxygen atoms in total. The van der Waals surface area contributed by atoms with Gasteiger partial charge in [0.05, 0.1) is 5.56 Å². The second-order valence-corrected chi connectivity index (χ2v) is 3.64. The van der Waals surface area contributed by atoms with Crippen molar-refractivity contribution in [3.8, 4) is 0 Å². The number of carbonyl (C=O) groups excluding carboxylic acids is 1.